The van der Waals surface area contributed by atoms with E-state index in [9.17, 15) is 4.79 Å². The van der Waals surface area contributed by atoms with Crippen molar-refractivity contribution >= 4 is 5.97 Å². The normalized spacial score (nSPS) is 21.8. The van der Waals surface area contributed by atoms with Crippen LogP contribution >= 0.6 is 0 Å². The van der Waals surface area contributed by atoms with Crippen LogP contribution in [0, 0.1) is 5.92 Å². The van der Waals surface area contributed by atoms with E-state index in [2.05, 4.69) is 29.3 Å². The Bertz CT molecular complexity index is 933. The summed E-state index contributed by atoms with van der Waals surface area (Å²) in [5.74, 6) is 1.77. The third kappa shape index (κ3) is 5.09. The summed E-state index contributed by atoms with van der Waals surface area (Å²) in [5, 5.41) is 3.50. The number of carbonyl (C=O) groups is 1. The van der Waals surface area contributed by atoms with Gasteiger partial charge in [-0.2, -0.15) is 0 Å². The fraction of sp³-hybridized carbons (Fsp3) is 0.500. The Morgan fingerprint density at radius 2 is 1.82 bits per heavy atom. The van der Waals surface area contributed by atoms with E-state index in [0.717, 1.165) is 61.0 Å². The molecule has 2 aromatic carbocycles. The van der Waals surface area contributed by atoms with E-state index in [1.54, 1.807) is 7.11 Å². The van der Waals surface area contributed by atoms with E-state index in [0.29, 0.717) is 6.61 Å². The lowest BCUT2D eigenvalue weighted by Crippen LogP contribution is -2.34. The van der Waals surface area contributed by atoms with Gasteiger partial charge in [0, 0.05) is 31.6 Å². The van der Waals surface area contributed by atoms with Crippen molar-refractivity contribution in [1.29, 1.82) is 0 Å². The molecule has 2 aromatic rings. The molecule has 1 saturated heterocycles. The van der Waals surface area contributed by atoms with Crippen LogP contribution in [0.1, 0.15) is 43.4 Å². The Hall–Kier alpha value is -2.77. The molecule has 0 amide bonds. The fourth-order valence-corrected chi connectivity index (χ4v) is 4.89. The lowest BCUT2D eigenvalue weighted by molar-refractivity contribution is -0.149. The van der Waals surface area contributed by atoms with Gasteiger partial charge in [-0.15, -0.1) is 0 Å². The minimum atomic E-state index is -0.329. The highest BCUT2D eigenvalue weighted by molar-refractivity contribution is 5.76. The highest BCUT2D eigenvalue weighted by Gasteiger charge is 2.48. The molecule has 7 nitrogen and oxygen atoms in total. The molecule has 1 fully saturated rings. The second-order valence-electron chi connectivity index (χ2n) is 8.46. The van der Waals surface area contributed by atoms with Crippen molar-refractivity contribution in [2.45, 2.75) is 32.2 Å². The Morgan fingerprint density at radius 3 is 2.55 bits per heavy atom. The van der Waals surface area contributed by atoms with Crippen molar-refractivity contribution in [1.82, 2.24) is 10.2 Å². The van der Waals surface area contributed by atoms with Gasteiger partial charge in [-0.05, 0) is 55.3 Å². The number of nitrogens with one attached hydrogen (secondary N) is 1. The number of benzene rings is 2. The topological polar surface area (TPSA) is 69.3 Å². The molecular weight excluding hydrogens is 420 g/mol. The number of nitrogens with zero attached hydrogens (tertiary/aromatic N) is 1. The first kappa shape index (κ1) is 23.4. The Labute approximate surface area is 196 Å². The zero-order chi connectivity index (χ0) is 23.2. The van der Waals surface area contributed by atoms with E-state index in [-0.39, 0.29) is 30.6 Å². The molecule has 3 atom stereocenters. The van der Waals surface area contributed by atoms with Crippen molar-refractivity contribution in [3.05, 3.63) is 53.6 Å². The number of fused-ring (bicyclic) bond motifs is 1. The molecule has 4 rings (SSSR count). The van der Waals surface area contributed by atoms with E-state index in [1.165, 1.54) is 0 Å². The Balaban J connectivity index is 1.69. The van der Waals surface area contributed by atoms with Gasteiger partial charge in [-0.25, -0.2) is 0 Å². The second kappa shape index (κ2) is 10.9. The minimum absolute atomic E-state index is 0.0168. The maximum absolute atomic E-state index is 13.3. The molecule has 0 radical (unpaired) electrons. The number of ether oxygens (including phenoxy) is 4. The summed E-state index contributed by atoms with van der Waals surface area (Å²) in [6.07, 6.45) is 1.09. The molecule has 0 aliphatic carbocycles. The number of esters is 1. The SMILES string of the molecule is CCCNCCN1CC(c2ccc3c(c2)OCO3)C(C(=O)OCC)C1c1ccc(OC)cc1. The van der Waals surface area contributed by atoms with Crippen molar-refractivity contribution in [2.75, 3.05) is 46.7 Å². The Morgan fingerprint density at radius 1 is 1.06 bits per heavy atom. The molecule has 2 aliphatic rings. The van der Waals surface area contributed by atoms with E-state index in [4.69, 9.17) is 18.9 Å². The summed E-state index contributed by atoms with van der Waals surface area (Å²) in [6.45, 7) is 8.05. The summed E-state index contributed by atoms with van der Waals surface area (Å²) in [7, 11) is 1.66. The maximum atomic E-state index is 13.3. The zero-order valence-electron chi connectivity index (χ0n) is 19.7. The number of methoxy groups -OCH3 is 1. The van der Waals surface area contributed by atoms with Gasteiger partial charge in [0.15, 0.2) is 11.5 Å². The summed E-state index contributed by atoms with van der Waals surface area (Å²) in [5.41, 5.74) is 2.16. The summed E-state index contributed by atoms with van der Waals surface area (Å²) in [6, 6.07) is 14.0. The van der Waals surface area contributed by atoms with Crippen molar-refractivity contribution < 1.29 is 23.7 Å². The van der Waals surface area contributed by atoms with Gasteiger partial charge in [-0.1, -0.05) is 25.1 Å². The average Bonchev–Trinajstić information content (AvgIpc) is 3.46. The van der Waals surface area contributed by atoms with Gasteiger partial charge < -0.3 is 24.3 Å². The number of rotatable bonds is 10. The van der Waals surface area contributed by atoms with Gasteiger partial charge >= 0.3 is 5.97 Å². The first-order valence-corrected chi connectivity index (χ1v) is 11.8. The minimum Gasteiger partial charge on any atom is -0.497 e. The van der Waals surface area contributed by atoms with Crippen LogP contribution in [-0.4, -0.2) is 57.6 Å². The number of likely N-dealkylation sites (tertiary alicyclic amines) is 1. The van der Waals surface area contributed by atoms with Crippen LogP contribution in [0.2, 0.25) is 0 Å². The van der Waals surface area contributed by atoms with Gasteiger partial charge in [0.05, 0.1) is 19.6 Å². The highest BCUT2D eigenvalue weighted by atomic mass is 16.7. The highest BCUT2D eigenvalue weighted by Crippen LogP contribution is 2.48. The molecule has 3 unspecified atom stereocenters. The number of carbonyl (C=O) groups excluding carboxylic acids is 1. The van der Waals surface area contributed by atoms with Gasteiger partial charge in [0.25, 0.3) is 0 Å². The van der Waals surface area contributed by atoms with Crippen molar-refractivity contribution in [3.63, 3.8) is 0 Å². The molecule has 2 aliphatic heterocycles. The largest absolute Gasteiger partial charge is 0.497 e. The lowest BCUT2D eigenvalue weighted by Gasteiger charge is -2.28. The quantitative estimate of drug-likeness (QED) is 0.433. The van der Waals surface area contributed by atoms with Crippen molar-refractivity contribution in [3.8, 4) is 17.2 Å². The Kier molecular flexibility index (Phi) is 7.73. The van der Waals surface area contributed by atoms with Crippen LogP contribution in [-0.2, 0) is 9.53 Å². The smallest absolute Gasteiger partial charge is 0.311 e. The van der Waals surface area contributed by atoms with Crippen LogP contribution in [0.15, 0.2) is 42.5 Å². The second-order valence-corrected chi connectivity index (χ2v) is 8.46. The number of hydrogen-bond acceptors (Lipinski definition) is 7. The van der Waals surface area contributed by atoms with Crippen LogP contribution in [0.25, 0.3) is 0 Å². The van der Waals surface area contributed by atoms with Crippen LogP contribution in [0.3, 0.4) is 0 Å². The summed E-state index contributed by atoms with van der Waals surface area (Å²) < 4.78 is 22.1. The summed E-state index contributed by atoms with van der Waals surface area (Å²) >= 11 is 0. The molecular formula is C26H34N2O5. The predicted molar refractivity (Wildman–Crippen MR) is 126 cm³/mol. The van der Waals surface area contributed by atoms with Gasteiger partial charge in [0.2, 0.25) is 6.79 Å². The maximum Gasteiger partial charge on any atom is 0.311 e. The van der Waals surface area contributed by atoms with Crippen LogP contribution < -0.4 is 19.5 Å². The van der Waals surface area contributed by atoms with Crippen LogP contribution in [0.5, 0.6) is 17.2 Å². The predicted octanol–water partition coefficient (Wildman–Crippen LogP) is 3.74. The average molecular weight is 455 g/mol. The molecule has 0 saturated carbocycles. The monoisotopic (exact) mass is 454 g/mol. The van der Waals surface area contributed by atoms with Crippen molar-refractivity contribution in [2.24, 2.45) is 5.92 Å². The number of hydrogen-bond donors (Lipinski definition) is 1. The molecule has 0 spiro atoms. The van der Waals surface area contributed by atoms with Gasteiger partial charge in [-0.3, -0.25) is 9.69 Å². The first-order chi connectivity index (χ1) is 16.2. The molecule has 0 bridgehead atoms. The molecule has 178 valence electrons. The molecule has 1 N–H and O–H groups in total. The third-order valence-electron chi connectivity index (χ3n) is 6.44. The zero-order valence-corrected chi connectivity index (χ0v) is 19.7. The summed E-state index contributed by atoms with van der Waals surface area (Å²) in [4.78, 5) is 15.8. The molecule has 2 heterocycles. The third-order valence-corrected chi connectivity index (χ3v) is 6.44. The van der Waals surface area contributed by atoms with E-state index >= 15 is 0 Å². The van der Waals surface area contributed by atoms with Gasteiger partial charge in [0.1, 0.15) is 5.75 Å². The van der Waals surface area contributed by atoms with E-state index in [1.807, 2.05) is 37.3 Å². The van der Waals surface area contributed by atoms with Crippen LogP contribution in [0.4, 0.5) is 0 Å². The lowest BCUT2D eigenvalue weighted by atomic mass is 9.82. The molecule has 33 heavy (non-hydrogen) atoms. The standard InChI is InChI=1S/C26H34N2O5/c1-4-12-27-13-14-28-16-21(19-8-11-22-23(15-19)33-17-32-22)24(26(29)31-5-2)25(28)18-6-9-20(30-3)10-7-18/h6-11,15,21,24-25,27H,4-5,12-14,16-17H2,1-3H3. The van der Waals surface area contributed by atoms with E-state index < -0.39 is 0 Å². The fourth-order valence-electron chi connectivity index (χ4n) is 4.89. The molecule has 0 aromatic heterocycles. The first-order valence-electron chi connectivity index (χ1n) is 11.8. The molecule has 7 heteroatoms.